The van der Waals surface area contributed by atoms with Crippen LogP contribution in [0.3, 0.4) is 0 Å². The largest absolute Gasteiger partial charge is 0.103 e. The summed E-state index contributed by atoms with van der Waals surface area (Å²) in [4.78, 5) is 0. The van der Waals surface area contributed by atoms with E-state index in [1.807, 2.05) is 0 Å². The van der Waals surface area contributed by atoms with Gasteiger partial charge in [-0.25, -0.2) is 0 Å². The van der Waals surface area contributed by atoms with Gasteiger partial charge < -0.3 is 0 Å². The minimum Gasteiger partial charge on any atom is -0.103 e. The number of unbranched alkanes of at least 4 members (excludes halogenated alkanes) is 24. The van der Waals surface area contributed by atoms with Crippen molar-refractivity contribution in [3.63, 3.8) is 0 Å². The minimum absolute atomic E-state index is 1.13. The van der Waals surface area contributed by atoms with Crippen molar-refractivity contribution in [2.45, 2.75) is 181 Å². The van der Waals surface area contributed by atoms with E-state index in [0.717, 1.165) is 12.8 Å². The van der Waals surface area contributed by atoms with Gasteiger partial charge in [0, 0.05) is 12.8 Å². The SMILES string of the molecule is CCCCCCCCCCCC#CCCCCCCCCCCCCCCCCC. The second kappa shape index (κ2) is 28.6. The molecule has 0 fully saturated rings. The van der Waals surface area contributed by atoms with Crippen molar-refractivity contribution in [3.05, 3.63) is 0 Å². The fourth-order valence-corrected chi connectivity index (χ4v) is 4.29. The van der Waals surface area contributed by atoms with Crippen LogP contribution < -0.4 is 0 Å². The Morgan fingerprint density at radius 2 is 0.467 bits per heavy atom. The van der Waals surface area contributed by atoms with Crippen LogP contribution in [-0.4, -0.2) is 0 Å². The minimum atomic E-state index is 1.13. The molecule has 0 N–H and O–H groups in total. The van der Waals surface area contributed by atoms with Gasteiger partial charge in [0.05, 0.1) is 0 Å². The average molecular weight is 419 g/mol. The molecule has 0 aromatic rings. The molecule has 0 heteroatoms. The summed E-state index contributed by atoms with van der Waals surface area (Å²) in [6.07, 6.45) is 36.6. The highest BCUT2D eigenvalue weighted by molar-refractivity contribution is 4.98. The van der Waals surface area contributed by atoms with E-state index in [2.05, 4.69) is 25.7 Å². The van der Waals surface area contributed by atoms with Gasteiger partial charge in [0.15, 0.2) is 0 Å². The number of hydrogen-bond acceptors (Lipinski definition) is 0. The van der Waals surface area contributed by atoms with Gasteiger partial charge in [-0.15, -0.1) is 11.8 Å². The predicted octanol–water partition coefficient (Wildman–Crippen LogP) is 11.2. The maximum absolute atomic E-state index is 3.41. The summed E-state index contributed by atoms with van der Waals surface area (Å²) in [7, 11) is 0. The quantitative estimate of drug-likeness (QED) is 0.108. The Morgan fingerprint density at radius 3 is 0.700 bits per heavy atom. The highest BCUT2D eigenvalue weighted by Crippen LogP contribution is 2.14. The maximum atomic E-state index is 3.41. The van der Waals surface area contributed by atoms with E-state index < -0.39 is 0 Å². The third-order valence-corrected chi connectivity index (χ3v) is 6.44. The molecule has 0 atom stereocenters. The lowest BCUT2D eigenvalue weighted by Gasteiger charge is -2.03. The first-order valence-electron chi connectivity index (χ1n) is 14.4. The van der Waals surface area contributed by atoms with Crippen LogP contribution in [0.2, 0.25) is 0 Å². The molecule has 0 unspecified atom stereocenters. The Kier molecular flexibility index (Phi) is 28.1. The third-order valence-electron chi connectivity index (χ3n) is 6.44. The van der Waals surface area contributed by atoms with E-state index in [4.69, 9.17) is 0 Å². The van der Waals surface area contributed by atoms with Gasteiger partial charge in [-0.05, 0) is 12.8 Å². The highest BCUT2D eigenvalue weighted by Gasteiger charge is 1.94. The van der Waals surface area contributed by atoms with E-state index in [1.165, 1.54) is 154 Å². The molecule has 0 saturated heterocycles. The molecule has 30 heavy (non-hydrogen) atoms. The summed E-state index contributed by atoms with van der Waals surface area (Å²) in [6, 6.07) is 0. The fourth-order valence-electron chi connectivity index (χ4n) is 4.29. The standard InChI is InChI=1S/C30H58/c1-3-5-7-9-11-13-15-17-19-21-23-25-27-29-30-28-26-24-22-20-18-16-14-12-10-8-6-4-2/h3-23,25,27-30H2,1-2H3. The van der Waals surface area contributed by atoms with Crippen LogP contribution >= 0.6 is 0 Å². The molecule has 0 heterocycles. The molecule has 0 aromatic carbocycles. The molecule has 0 spiro atoms. The second-order valence-electron chi connectivity index (χ2n) is 9.63. The molecule has 0 nitrogen and oxygen atoms in total. The third kappa shape index (κ3) is 27.6. The van der Waals surface area contributed by atoms with Crippen LogP contribution in [0.15, 0.2) is 0 Å². The van der Waals surface area contributed by atoms with Gasteiger partial charge in [0.25, 0.3) is 0 Å². The molecule has 0 radical (unpaired) electrons. The first-order chi connectivity index (χ1) is 14.9. The summed E-state index contributed by atoms with van der Waals surface area (Å²) >= 11 is 0. The zero-order chi connectivity index (χ0) is 21.8. The first kappa shape index (κ1) is 29.6. The molecule has 0 aliphatic heterocycles. The fraction of sp³-hybridized carbons (Fsp3) is 0.933. The Balaban J connectivity index is 3.08. The summed E-state index contributed by atoms with van der Waals surface area (Å²) in [5.74, 6) is 6.81. The lowest BCUT2D eigenvalue weighted by Crippen LogP contribution is -1.83. The van der Waals surface area contributed by atoms with E-state index in [-0.39, 0.29) is 0 Å². The Bertz CT molecular complexity index is 345. The maximum Gasteiger partial charge on any atom is 0.00886 e. The predicted molar refractivity (Wildman–Crippen MR) is 139 cm³/mol. The summed E-state index contributed by atoms with van der Waals surface area (Å²) in [5.41, 5.74) is 0. The van der Waals surface area contributed by atoms with Crippen molar-refractivity contribution < 1.29 is 0 Å². The lowest BCUT2D eigenvalue weighted by atomic mass is 10.0. The lowest BCUT2D eigenvalue weighted by molar-refractivity contribution is 0.533. The Hall–Kier alpha value is -0.440. The van der Waals surface area contributed by atoms with Gasteiger partial charge in [-0.3, -0.25) is 0 Å². The van der Waals surface area contributed by atoms with Crippen molar-refractivity contribution in [2.24, 2.45) is 0 Å². The van der Waals surface area contributed by atoms with Gasteiger partial charge in [-0.1, -0.05) is 155 Å². The van der Waals surface area contributed by atoms with Crippen molar-refractivity contribution >= 4 is 0 Å². The van der Waals surface area contributed by atoms with Gasteiger partial charge in [-0.2, -0.15) is 0 Å². The molecule has 0 rings (SSSR count). The molecule has 0 bridgehead atoms. The number of hydrogen-bond donors (Lipinski definition) is 0. The Labute approximate surface area is 192 Å². The van der Waals surface area contributed by atoms with E-state index in [9.17, 15) is 0 Å². The van der Waals surface area contributed by atoms with Crippen LogP contribution in [0, 0.1) is 11.8 Å². The molecule has 0 aliphatic carbocycles. The van der Waals surface area contributed by atoms with E-state index >= 15 is 0 Å². The summed E-state index contributed by atoms with van der Waals surface area (Å²) in [5, 5.41) is 0. The normalized spacial score (nSPS) is 10.9. The molecular weight excluding hydrogens is 360 g/mol. The molecule has 0 amide bonds. The van der Waals surface area contributed by atoms with Crippen LogP contribution in [0.5, 0.6) is 0 Å². The average Bonchev–Trinajstić information content (AvgIpc) is 2.76. The van der Waals surface area contributed by atoms with Gasteiger partial charge in [0.1, 0.15) is 0 Å². The van der Waals surface area contributed by atoms with Crippen molar-refractivity contribution in [2.75, 3.05) is 0 Å². The van der Waals surface area contributed by atoms with E-state index in [1.54, 1.807) is 0 Å². The zero-order valence-electron chi connectivity index (χ0n) is 21.4. The second-order valence-corrected chi connectivity index (χ2v) is 9.63. The van der Waals surface area contributed by atoms with Crippen molar-refractivity contribution in [1.82, 2.24) is 0 Å². The topological polar surface area (TPSA) is 0 Å². The number of rotatable bonds is 24. The smallest absolute Gasteiger partial charge is 0.00886 e. The van der Waals surface area contributed by atoms with Crippen molar-refractivity contribution in [1.29, 1.82) is 0 Å². The monoisotopic (exact) mass is 418 g/mol. The van der Waals surface area contributed by atoms with E-state index in [0.29, 0.717) is 0 Å². The van der Waals surface area contributed by atoms with Gasteiger partial charge in [0.2, 0.25) is 0 Å². The van der Waals surface area contributed by atoms with Crippen molar-refractivity contribution in [3.8, 4) is 11.8 Å². The zero-order valence-corrected chi connectivity index (χ0v) is 21.4. The van der Waals surface area contributed by atoms with Gasteiger partial charge >= 0.3 is 0 Å². The van der Waals surface area contributed by atoms with Crippen LogP contribution in [0.25, 0.3) is 0 Å². The van der Waals surface area contributed by atoms with Crippen LogP contribution in [0.4, 0.5) is 0 Å². The van der Waals surface area contributed by atoms with Crippen LogP contribution in [-0.2, 0) is 0 Å². The highest BCUT2D eigenvalue weighted by atomic mass is 14.0. The summed E-state index contributed by atoms with van der Waals surface area (Å²) in [6.45, 7) is 4.59. The first-order valence-corrected chi connectivity index (χ1v) is 14.4. The molecule has 178 valence electrons. The molecule has 0 aliphatic rings. The molecule has 0 saturated carbocycles. The molecule has 0 aromatic heterocycles. The summed E-state index contributed by atoms with van der Waals surface area (Å²) < 4.78 is 0. The molecular formula is C30H58. The van der Waals surface area contributed by atoms with Crippen LogP contribution in [0.1, 0.15) is 181 Å². The Morgan fingerprint density at radius 1 is 0.267 bits per heavy atom.